The van der Waals surface area contributed by atoms with Crippen LogP contribution in [-0.4, -0.2) is 11.0 Å². The molecule has 0 bridgehead atoms. The first-order valence-corrected chi connectivity index (χ1v) is 5.98. The molecule has 0 saturated heterocycles. The van der Waals surface area contributed by atoms with E-state index < -0.39 is 0 Å². The first-order chi connectivity index (χ1) is 9.06. The first-order valence-electron chi connectivity index (χ1n) is 5.98. The minimum Gasteiger partial charge on any atom is -0.508 e. The fourth-order valence-corrected chi connectivity index (χ4v) is 2.24. The van der Waals surface area contributed by atoms with Crippen LogP contribution < -0.4 is 9.64 Å². The number of anilines is 2. The summed E-state index contributed by atoms with van der Waals surface area (Å²) in [5.41, 5.74) is 2.41. The number of hydrogen-bond acceptors (Lipinski definition) is 3. The molecule has 0 atom stereocenters. The minimum atomic E-state index is -0.0969. The Morgan fingerprint density at radius 3 is 2.42 bits per heavy atom. The van der Waals surface area contributed by atoms with E-state index in [0.717, 1.165) is 11.3 Å². The van der Waals surface area contributed by atoms with Crippen LogP contribution in [-0.2, 0) is 4.79 Å². The zero-order chi connectivity index (χ0) is 13.6. The van der Waals surface area contributed by atoms with Crippen molar-refractivity contribution in [2.75, 3.05) is 4.90 Å². The molecule has 1 amide bonds. The zero-order valence-corrected chi connectivity index (χ0v) is 10.7. The lowest BCUT2D eigenvalue weighted by Crippen LogP contribution is -2.26. The molecule has 0 saturated carbocycles. The summed E-state index contributed by atoms with van der Waals surface area (Å²) in [5, 5.41) is 9.53. The largest absolute Gasteiger partial charge is 0.508 e. The number of phenolic OH excluding ortho intramolecular Hbond substituents is 1. The Labute approximate surface area is 110 Å². The van der Waals surface area contributed by atoms with Crippen LogP contribution in [0.15, 0.2) is 36.4 Å². The number of fused-ring (bicyclic) bond motifs is 2. The number of amides is 1. The third kappa shape index (κ3) is 1.81. The summed E-state index contributed by atoms with van der Waals surface area (Å²) in [7, 11) is 0. The highest BCUT2D eigenvalue weighted by Gasteiger charge is 2.27. The van der Waals surface area contributed by atoms with Gasteiger partial charge in [-0.3, -0.25) is 9.69 Å². The van der Waals surface area contributed by atoms with Gasteiger partial charge in [0, 0.05) is 13.0 Å². The molecule has 3 rings (SSSR count). The lowest BCUT2D eigenvalue weighted by molar-refractivity contribution is -0.115. The number of ether oxygens (including phenoxy) is 1. The van der Waals surface area contributed by atoms with Crippen LogP contribution in [0.4, 0.5) is 11.4 Å². The predicted octanol–water partition coefficient (Wildman–Crippen LogP) is 3.49. The molecule has 96 valence electrons. The van der Waals surface area contributed by atoms with Crippen LogP contribution in [0.25, 0.3) is 0 Å². The highest BCUT2D eigenvalue weighted by Crippen LogP contribution is 2.47. The van der Waals surface area contributed by atoms with E-state index in [9.17, 15) is 9.90 Å². The number of nitrogens with zero attached hydrogens (tertiary/aromatic N) is 1. The van der Waals surface area contributed by atoms with Crippen LogP contribution in [0.2, 0.25) is 0 Å². The van der Waals surface area contributed by atoms with Crippen molar-refractivity contribution in [3.8, 4) is 17.2 Å². The fourth-order valence-electron chi connectivity index (χ4n) is 2.24. The minimum absolute atomic E-state index is 0.0969. The quantitative estimate of drug-likeness (QED) is 0.783. The van der Waals surface area contributed by atoms with Crippen molar-refractivity contribution in [2.24, 2.45) is 0 Å². The molecule has 1 aliphatic rings. The molecule has 0 unspecified atom stereocenters. The number of carbonyl (C=O) groups excluding carboxylic acids is 1. The van der Waals surface area contributed by atoms with E-state index in [-0.39, 0.29) is 11.7 Å². The van der Waals surface area contributed by atoms with Crippen LogP contribution >= 0.6 is 0 Å². The third-order valence-corrected chi connectivity index (χ3v) is 3.08. The molecule has 2 aromatic carbocycles. The second-order valence-corrected chi connectivity index (χ2v) is 4.58. The Morgan fingerprint density at radius 2 is 1.74 bits per heavy atom. The average Bonchev–Trinajstić information content (AvgIpc) is 2.35. The van der Waals surface area contributed by atoms with Crippen LogP contribution in [0.5, 0.6) is 17.2 Å². The van der Waals surface area contributed by atoms with Crippen molar-refractivity contribution in [1.82, 2.24) is 0 Å². The van der Waals surface area contributed by atoms with Gasteiger partial charge in [0.2, 0.25) is 5.91 Å². The van der Waals surface area contributed by atoms with Crippen molar-refractivity contribution in [3.05, 3.63) is 42.0 Å². The predicted molar refractivity (Wildman–Crippen MR) is 72.2 cm³/mol. The van der Waals surface area contributed by atoms with Crippen molar-refractivity contribution in [2.45, 2.75) is 13.8 Å². The van der Waals surface area contributed by atoms with E-state index in [2.05, 4.69) is 0 Å². The second-order valence-electron chi connectivity index (χ2n) is 4.58. The molecule has 0 aliphatic carbocycles. The van der Waals surface area contributed by atoms with Crippen molar-refractivity contribution in [1.29, 1.82) is 0 Å². The van der Waals surface area contributed by atoms with Gasteiger partial charge in [-0.2, -0.15) is 0 Å². The molecule has 0 spiro atoms. The SMILES string of the molecule is CC(=O)N1c2ccc(C)cc2Oc2cc(O)ccc21. The normalized spacial score (nSPS) is 12.4. The molecule has 19 heavy (non-hydrogen) atoms. The number of aryl methyl sites for hydroxylation is 1. The van der Waals surface area contributed by atoms with E-state index in [0.29, 0.717) is 17.2 Å². The number of rotatable bonds is 0. The van der Waals surface area contributed by atoms with E-state index in [1.165, 1.54) is 19.1 Å². The summed E-state index contributed by atoms with van der Waals surface area (Å²) in [4.78, 5) is 13.5. The molecule has 1 heterocycles. The summed E-state index contributed by atoms with van der Waals surface area (Å²) in [6.45, 7) is 3.46. The third-order valence-electron chi connectivity index (χ3n) is 3.08. The second kappa shape index (κ2) is 4.02. The van der Waals surface area contributed by atoms with E-state index in [1.54, 1.807) is 11.0 Å². The summed E-state index contributed by atoms with van der Waals surface area (Å²) in [5.74, 6) is 1.11. The molecule has 0 aromatic heterocycles. The van der Waals surface area contributed by atoms with E-state index in [4.69, 9.17) is 4.74 Å². The molecule has 0 fully saturated rings. The number of benzene rings is 2. The number of carbonyl (C=O) groups is 1. The van der Waals surface area contributed by atoms with Gasteiger partial charge in [-0.15, -0.1) is 0 Å². The summed E-state index contributed by atoms with van der Waals surface area (Å²) in [6.07, 6.45) is 0. The molecule has 4 heteroatoms. The maximum absolute atomic E-state index is 11.9. The van der Waals surface area contributed by atoms with Crippen molar-refractivity contribution >= 4 is 17.3 Å². The van der Waals surface area contributed by atoms with Crippen molar-refractivity contribution < 1.29 is 14.6 Å². The Hall–Kier alpha value is -2.49. The topological polar surface area (TPSA) is 49.8 Å². The number of hydrogen-bond donors (Lipinski definition) is 1. The van der Waals surface area contributed by atoms with Gasteiger partial charge in [-0.25, -0.2) is 0 Å². The van der Waals surface area contributed by atoms with Gasteiger partial charge in [0.05, 0.1) is 11.4 Å². The standard InChI is InChI=1S/C15H13NO3/c1-9-3-5-12-14(7-9)19-15-8-11(18)4-6-13(15)16(12)10(2)17/h3-8,18H,1-2H3. The van der Waals surface area contributed by atoms with Crippen LogP contribution in [0, 0.1) is 6.92 Å². The Kier molecular flexibility index (Phi) is 2.45. The van der Waals surface area contributed by atoms with Gasteiger partial charge in [-0.1, -0.05) is 6.07 Å². The first kappa shape index (κ1) is 11.6. The lowest BCUT2D eigenvalue weighted by Gasteiger charge is -2.30. The van der Waals surface area contributed by atoms with Gasteiger partial charge in [0.1, 0.15) is 5.75 Å². The van der Waals surface area contributed by atoms with E-state index >= 15 is 0 Å². The smallest absolute Gasteiger partial charge is 0.228 e. The monoisotopic (exact) mass is 255 g/mol. The summed E-state index contributed by atoms with van der Waals surface area (Å²) in [6, 6.07) is 10.4. The Morgan fingerprint density at radius 1 is 1.11 bits per heavy atom. The molecular formula is C15H13NO3. The highest BCUT2D eigenvalue weighted by atomic mass is 16.5. The molecule has 0 radical (unpaired) electrons. The van der Waals surface area contributed by atoms with Gasteiger partial charge in [0.15, 0.2) is 11.5 Å². The van der Waals surface area contributed by atoms with Crippen LogP contribution in [0.3, 0.4) is 0 Å². The van der Waals surface area contributed by atoms with Gasteiger partial charge < -0.3 is 9.84 Å². The van der Waals surface area contributed by atoms with Gasteiger partial charge >= 0.3 is 0 Å². The maximum atomic E-state index is 11.9. The zero-order valence-electron chi connectivity index (χ0n) is 10.7. The van der Waals surface area contributed by atoms with Gasteiger partial charge in [0.25, 0.3) is 0 Å². The Balaban J connectivity index is 2.23. The maximum Gasteiger partial charge on any atom is 0.228 e. The number of phenols is 1. The molecule has 1 N–H and O–H groups in total. The molecule has 1 aliphatic heterocycles. The molecule has 2 aromatic rings. The average molecular weight is 255 g/mol. The van der Waals surface area contributed by atoms with Crippen molar-refractivity contribution in [3.63, 3.8) is 0 Å². The molecular weight excluding hydrogens is 242 g/mol. The number of aromatic hydroxyl groups is 1. The lowest BCUT2D eigenvalue weighted by atomic mass is 10.1. The van der Waals surface area contributed by atoms with E-state index in [1.807, 2.05) is 25.1 Å². The summed E-state index contributed by atoms with van der Waals surface area (Å²) < 4.78 is 5.77. The van der Waals surface area contributed by atoms with Gasteiger partial charge in [-0.05, 0) is 36.8 Å². The fraction of sp³-hybridized carbons (Fsp3) is 0.133. The Bertz CT molecular complexity index is 628. The van der Waals surface area contributed by atoms with Crippen LogP contribution in [0.1, 0.15) is 12.5 Å². The summed E-state index contributed by atoms with van der Waals surface area (Å²) >= 11 is 0. The molecule has 4 nitrogen and oxygen atoms in total. The highest BCUT2D eigenvalue weighted by molar-refractivity contribution is 6.03.